The molecule has 2 heterocycles. The van der Waals surface area contributed by atoms with Gasteiger partial charge in [-0.25, -0.2) is 0 Å². The second kappa shape index (κ2) is 24.2. The molecule has 1 saturated carbocycles. The molecular weight excluding hydrogens is 626 g/mol. The Bertz CT molecular complexity index is 1070. The number of carbonyl (C=O) groups excluding carboxylic acids is 4. The van der Waals surface area contributed by atoms with Crippen molar-refractivity contribution in [3.63, 3.8) is 0 Å². The van der Waals surface area contributed by atoms with Crippen LogP contribution in [0.4, 0.5) is 0 Å². The third-order valence-corrected chi connectivity index (χ3v) is 9.66. The summed E-state index contributed by atoms with van der Waals surface area (Å²) in [5, 5.41) is 14.6. The lowest BCUT2D eigenvalue weighted by Gasteiger charge is -2.35. The average Bonchev–Trinajstić information content (AvgIpc) is 3.65. The summed E-state index contributed by atoms with van der Waals surface area (Å²) in [6, 6.07) is 8.44. The maximum absolute atomic E-state index is 12.8. The highest BCUT2D eigenvalue weighted by atomic mass is 16.5. The summed E-state index contributed by atoms with van der Waals surface area (Å²) in [5.41, 5.74) is 6.77. The van der Waals surface area contributed by atoms with Crippen LogP contribution in [0.25, 0.3) is 0 Å². The summed E-state index contributed by atoms with van der Waals surface area (Å²) in [5.74, 6) is 0.476. The zero-order valence-corrected chi connectivity index (χ0v) is 30.3. The summed E-state index contributed by atoms with van der Waals surface area (Å²) >= 11 is 0. The Balaban J connectivity index is 0.000000324. The topological polar surface area (TPSA) is 164 Å². The van der Waals surface area contributed by atoms with E-state index < -0.39 is 18.2 Å². The fraction of sp³-hybridized carbons (Fsp3) is 0.730. The van der Waals surface area contributed by atoms with Crippen molar-refractivity contribution in [1.82, 2.24) is 20.4 Å². The molecule has 5 N–H and O–H groups in total. The van der Waals surface area contributed by atoms with E-state index in [4.69, 9.17) is 15.2 Å². The molecule has 278 valence electrons. The second-order valence-electron chi connectivity index (χ2n) is 13.1. The summed E-state index contributed by atoms with van der Waals surface area (Å²) in [7, 11) is 0. The number of rotatable bonds is 16. The SMILES string of the molecule is CC.CC(OCC1CCCCC1)C(NC=O)C(=O)N1CCCC1CN.CC(OCc1ccccc1)C(NC=O)C(=O)N1CCCC(CO)C1. The number of likely N-dealkylation sites (tertiary alicyclic amines) is 2. The molecule has 0 radical (unpaired) electrons. The molecular formula is C37H63N5O7. The quantitative estimate of drug-likeness (QED) is 0.193. The number of piperidine rings is 1. The van der Waals surface area contributed by atoms with Crippen molar-refractivity contribution in [3.05, 3.63) is 35.9 Å². The summed E-state index contributed by atoms with van der Waals surface area (Å²) < 4.78 is 11.7. The van der Waals surface area contributed by atoms with Crippen LogP contribution in [0.2, 0.25) is 0 Å². The lowest BCUT2D eigenvalue weighted by atomic mass is 9.90. The average molecular weight is 690 g/mol. The van der Waals surface area contributed by atoms with Crippen LogP contribution in [-0.4, -0.2) is 109 Å². The Morgan fingerprint density at radius 3 is 2.06 bits per heavy atom. The second-order valence-corrected chi connectivity index (χ2v) is 13.1. The smallest absolute Gasteiger partial charge is 0.248 e. The van der Waals surface area contributed by atoms with Crippen molar-refractivity contribution in [2.45, 2.75) is 122 Å². The summed E-state index contributed by atoms with van der Waals surface area (Å²) in [4.78, 5) is 50.9. The van der Waals surface area contributed by atoms with Crippen molar-refractivity contribution < 1.29 is 33.8 Å². The minimum Gasteiger partial charge on any atom is -0.396 e. The van der Waals surface area contributed by atoms with Crippen LogP contribution in [0.3, 0.4) is 0 Å². The van der Waals surface area contributed by atoms with Crippen molar-refractivity contribution >= 4 is 24.6 Å². The van der Waals surface area contributed by atoms with Crippen molar-refractivity contribution in [2.24, 2.45) is 17.6 Å². The lowest BCUT2D eigenvalue weighted by molar-refractivity contribution is -0.141. The number of hydrogen-bond acceptors (Lipinski definition) is 8. The predicted molar refractivity (Wildman–Crippen MR) is 190 cm³/mol. The molecule has 2 aliphatic heterocycles. The van der Waals surface area contributed by atoms with Gasteiger partial charge in [0.2, 0.25) is 24.6 Å². The number of hydrogen-bond donors (Lipinski definition) is 4. The Morgan fingerprint density at radius 2 is 1.45 bits per heavy atom. The third-order valence-electron chi connectivity index (χ3n) is 9.66. The normalized spacial score (nSPS) is 21.8. The Hall–Kier alpha value is -3.06. The molecule has 12 nitrogen and oxygen atoms in total. The number of ether oxygens (including phenoxy) is 2. The van der Waals surface area contributed by atoms with Crippen LogP contribution in [0.5, 0.6) is 0 Å². The highest BCUT2D eigenvalue weighted by molar-refractivity contribution is 5.85. The van der Waals surface area contributed by atoms with Gasteiger partial charge in [-0.1, -0.05) is 63.4 Å². The van der Waals surface area contributed by atoms with Gasteiger partial charge in [0.15, 0.2) is 0 Å². The number of benzene rings is 1. The number of nitrogens with two attached hydrogens (primary N) is 1. The van der Waals surface area contributed by atoms with Crippen molar-refractivity contribution in [2.75, 3.05) is 39.4 Å². The van der Waals surface area contributed by atoms with E-state index in [-0.39, 0.29) is 36.5 Å². The maximum Gasteiger partial charge on any atom is 0.248 e. The highest BCUT2D eigenvalue weighted by Crippen LogP contribution is 2.25. The minimum atomic E-state index is -0.719. The zero-order valence-electron chi connectivity index (χ0n) is 30.3. The first kappa shape index (κ1) is 42.1. The standard InChI is InChI=1S/C18H26N2O4.C17H31N3O3.C2H6/c1-14(24-12-15-6-3-2-4-7-15)17(19-13-22)18(23)20-9-5-8-16(10-20)11-21;1-13(23-11-14-6-3-2-4-7-14)16(19-12-21)17(22)20-9-5-8-15(20)10-18;1-2/h2-4,6-7,13-14,16-17,21H,5,8-12H2,1H3,(H,19,22);12-16H,2-11,18H2,1H3,(H,19,21);1-2H3. The first-order chi connectivity index (χ1) is 23.8. The molecule has 3 aliphatic rings. The van der Waals surface area contributed by atoms with E-state index in [2.05, 4.69) is 10.6 Å². The largest absolute Gasteiger partial charge is 0.396 e. The van der Waals surface area contributed by atoms with Gasteiger partial charge in [0, 0.05) is 45.4 Å². The van der Waals surface area contributed by atoms with E-state index in [0.717, 1.165) is 31.2 Å². The molecule has 1 aromatic rings. The fourth-order valence-electron chi connectivity index (χ4n) is 6.76. The molecule has 3 fully saturated rings. The number of nitrogens with zero attached hydrogens (tertiary/aromatic N) is 2. The van der Waals surface area contributed by atoms with E-state index in [9.17, 15) is 24.3 Å². The van der Waals surface area contributed by atoms with Crippen LogP contribution < -0.4 is 16.4 Å². The number of amides is 4. The summed E-state index contributed by atoms with van der Waals surface area (Å²) in [6.45, 7) is 11.2. The molecule has 1 aliphatic carbocycles. The Kier molecular flexibility index (Phi) is 20.8. The number of nitrogens with one attached hydrogen (secondary N) is 2. The molecule has 6 atom stereocenters. The molecule has 0 aromatic heterocycles. The fourth-order valence-corrected chi connectivity index (χ4v) is 6.76. The molecule has 0 bridgehead atoms. The monoisotopic (exact) mass is 689 g/mol. The van der Waals surface area contributed by atoms with E-state index >= 15 is 0 Å². The van der Waals surface area contributed by atoms with Crippen LogP contribution in [-0.2, 0) is 35.3 Å². The Morgan fingerprint density at radius 1 is 0.857 bits per heavy atom. The summed E-state index contributed by atoms with van der Waals surface area (Å²) in [6.07, 6.45) is 10.3. The first-order valence-electron chi connectivity index (χ1n) is 18.4. The lowest BCUT2D eigenvalue weighted by Crippen LogP contribution is -2.54. The van der Waals surface area contributed by atoms with Crippen molar-refractivity contribution in [3.8, 4) is 0 Å². The number of carbonyl (C=O) groups is 4. The third kappa shape index (κ3) is 14.0. The first-order valence-corrected chi connectivity index (χ1v) is 18.4. The van der Waals surface area contributed by atoms with Gasteiger partial charge in [-0.3, -0.25) is 19.2 Å². The van der Waals surface area contributed by atoms with Gasteiger partial charge in [-0.15, -0.1) is 0 Å². The van der Waals surface area contributed by atoms with Gasteiger partial charge < -0.3 is 40.7 Å². The van der Waals surface area contributed by atoms with Gasteiger partial charge in [0.25, 0.3) is 0 Å². The van der Waals surface area contributed by atoms with Gasteiger partial charge in [0.05, 0.1) is 18.8 Å². The van der Waals surface area contributed by atoms with E-state index in [0.29, 0.717) is 58.1 Å². The molecule has 0 spiro atoms. The molecule has 4 amide bonds. The molecule has 2 saturated heterocycles. The van der Waals surface area contributed by atoms with Gasteiger partial charge in [-0.05, 0) is 69.8 Å². The predicted octanol–water partition coefficient (Wildman–Crippen LogP) is 3.00. The van der Waals surface area contributed by atoms with Crippen LogP contribution >= 0.6 is 0 Å². The van der Waals surface area contributed by atoms with Crippen LogP contribution in [0, 0.1) is 11.8 Å². The highest BCUT2D eigenvalue weighted by Gasteiger charge is 2.36. The zero-order chi connectivity index (χ0) is 36.0. The molecule has 6 unspecified atom stereocenters. The van der Waals surface area contributed by atoms with E-state index in [1.54, 1.807) is 11.8 Å². The van der Waals surface area contributed by atoms with Crippen LogP contribution in [0.1, 0.15) is 91.0 Å². The molecule has 4 rings (SSSR count). The van der Waals surface area contributed by atoms with E-state index in [1.165, 1.54) is 32.1 Å². The van der Waals surface area contributed by atoms with Gasteiger partial charge >= 0.3 is 0 Å². The minimum absolute atomic E-state index is 0.0683. The number of aliphatic hydroxyl groups is 1. The van der Waals surface area contributed by atoms with Gasteiger partial charge in [-0.2, -0.15) is 0 Å². The van der Waals surface area contributed by atoms with E-state index in [1.807, 2.05) is 56.0 Å². The van der Waals surface area contributed by atoms with Crippen molar-refractivity contribution in [1.29, 1.82) is 0 Å². The maximum atomic E-state index is 12.8. The van der Waals surface area contributed by atoms with Gasteiger partial charge in [0.1, 0.15) is 12.1 Å². The molecule has 49 heavy (non-hydrogen) atoms. The Labute approximate surface area is 293 Å². The number of aliphatic hydroxyl groups excluding tert-OH is 1. The molecule has 1 aromatic carbocycles. The molecule has 12 heteroatoms. The van der Waals surface area contributed by atoms with Crippen LogP contribution in [0.15, 0.2) is 30.3 Å².